The molecule has 1 N–H and O–H groups in total. The number of nitrogens with one attached hydrogen (secondary N) is 1. The van der Waals surface area contributed by atoms with Crippen LogP contribution in [0.3, 0.4) is 0 Å². The minimum atomic E-state index is 0.0639. The molecule has 3 heteroatoms. The lowest BCUT2D eigenvalue weighted by atomic mass is 10.1. The fourth-order valence-corrected chi connectivity index (χ4v) is 1.98. The fourth-order valence-electron chi connectivity index (χ4n) is 1.98. The molecule has 2 unspecified atom stereocenters. The predicted molar refractivity (Wildman–Crippen MR) is 62.7 cm³/mol. The van der Waals surface area contributed by atoms with Gasteiger partial charge in [-0.15, -0.1) is 0 Å². The van der Waals surface area contributed by atoms with Crippen LogP contribution in [0.4, 0.5) is 0 Å². The molecule has 0 aromatic heterocycles. The van der Waals surface area contributed by atoms with Crippen LogP contribution < -0.4 is 5.32 Å². The van der Waals surface area contributed by atoms with Crippen LogP contribution in [0, 0.1) is 5.92 Å². The van der Waals surface area contributed by atoms with Crippen molar-refractivity contribution in [3.63, 3.8) is 0 Å². The van der Waals surface area contributed by atoms with Crippen LogP contribution in [0.25, 0.3) is 0 Å². The fraction of sp³-hybridized carbons (Fsp3) is 0.917. The van der Waals surface area contributed by atoms with Crippen molar-refractivity contribution >= 4 is 5.91 Å². The number of carbonyl (C=O) groups excluding carboxylic acids is 1. The first-order valence-electron chi connectivity index (χ1n) is 6.09. The van der Waals surface area contributed by atoms with Gasteiger partial charge in [0.1, 0.15) is 0 Å². The Kier molecular flexibility index (Phi) is 4.58. The van der Waals surface area contributed by atoms with Crippen molar-refractivity contribution in [2.75, 3.05) is 13.1 Å². The zero-order valence-corrected chi connectivity index (χ0v) is 10.4. The second-order valence-electron chi connectivity index (χ2n) is 4.96. The highest BCUT2D eigenvalue weighted by Crippen LogP contribution is 2.15. The van der Waals surface area contributed by atoms with Crippen LogP contribution in [0.15, 0.2) is 0 Å². The molecule has 1 aliphatic heterocycles. The van der Waals surface area contributed by atoms with E-state index in [0.717, 1.165) is 25.9 Å². The van der Waals surface area contributed by atoms with Gasteiger partial charge in [-0.2, -0.15) is 0 Å². The van der Waals surface area contributed by atoms with Crippen LogP contribution in [-0.2, 0) is 4.79 Å². The summed E-state index contributed by atoms with van der Waals surface area (Å²) in [4.78, 5) is 14.0. The van der Waals surface area contributed by atoms with Gasteiger partial charge >= 0.3 is 0 Å². The topological polar surface area (TPSA) is 32.3 Å². The SMILES string of the molecule is CCC(C)CN1CCC(NC(C)C)C1=O. The van der Waals surface area contributed by atoms with E-state index in [1.165, 1.54) is 0 Å². The van der Waals surface area contributed by atoms with E-state index >= 15 is 0 Å². The van der Waals surface area contributed by atoms with Gasteiger partial charge in [0, 0.05) is 19.1 Å². The summed E-state index contributed by atoms with van der Waals surface area (Å²) in [6.45, 7) is 10.4. The molecule has 88 valence electrons. The number of rotatable bonds is 5. The van der Waals surface area contributed by atoms with E-state index in [1.54, 1.807) is 0 Å². The molecule has 1 saturated heterocycles. The van der Waals surface area contributed by atoms with Gasteiger partial charge in [-0.3, -0.25) is 4.79 Å². The third kappa shape index (κ3) is 3.49. The molecule has 15 heavy (non-hydrogen) atoms. The Balaban J connectivity index is 2.42. The molecular formula is C12H24N2O. The Morgan fingerprint density at radius 1 is 1.47 bits per heavy atom. The smallest absolute Gasteiger partial charge is 0.239 e. The number of hydrogen-bond donors (Lipinski definition) is 1. The van der Waals surface area contributed by atoms with E-state index in [2.05, 4.69) is 33.0 Å². The zero-order chi connectivity index (χ0) is 11.4. The second-order valence-corrected chi connectivity index (χ2v) is 4.96. The molecule has 1 fully saturated rings. The van der Waals surface area contributed by atoms with Crippen LogP contribution in [-0.4, -0.2) is 36.0 Å². The summed E-state index contributed by atoms with van der Waals surface area (Å²) in [5.74, 6) is 0.913. The van der Waals surface area contributed by atoms with E-state index < -0.39 is 0 Å². The maximum absolute atomic E-state index is 12.0. The normalized spacial score (nSPS) is 23.9. The number of hydrogen-bond acceptors (Lipinski definition) is 2. The first-order valence-corrected chi connectivity index (χ1v) is 6.09. The molecule has 2 atom stereocenters. The largest absolute Gasteiger partial charge is 0.341 e. The zero-order valence-electron chi connectivity index (χ0n) is 10.4. The molecule has 3 nitrogen and oxygen atoms in total. The summed E-state index contributed by atoms with van der Waals surface area (Å²) < 4.78 is 0. The third-order valence-corrected chi connectivity index (χ3v) is 3.06. The Morgan fingerprint density at radius 2 is 2.13 bits per heavy atom. The predicted octanol–water partition coefficient (Wildman–Crippen LogP) is 1.63. The minimum absolute atomic E-state index is 0.0639. The van der Waals surface area contributed by atoms with Gasteiger partial charge in [0.15, 0.2) is 0 Å². The van der Waals surface area contributed by atoms with Gasteiger partial charge in [-0.1, -0.05) is 34.1 Å². The summed E-state index contributed by atoms with van der Waals surface area (Å²) in [6, 6.07) is 0.455. The van der Waals surface area contributed by atoms with E-state index in [9.17, 15) is 4.79 Å². The summed E-state index contributed by atoms with van der Waals surface area (Å²) in [5.41, 5.74) is 0. The molecule has 1 heterocycles. The molecule has 0 radical (unpaired) electrons. The summed E-state index contributed by atoms with van der Waals surface area (Å²) >= 11 is 0. The van der Waals surface area contributed by atoms with Crippen molar-refractivity contribution in [3.05, 3.63) is 0 Å². The van der Waals surface area contributed by atoms with E-state index in [1.807, 2.05) is 4.90 Å². The van der Waals surface area contributed by atoms with Crippen LogP contribution in [0.2, 0.25) is 0 Å². The first-order chi connectivity index (χ1) is 7.04. The Morgan fingerprint density at radius 3 is 2.67 bits per heavy atom. The quantitative estimate of drug-likeness (QED) is 0.751. The van der Waals surface area contributed by atoms with Crippen molar-refractivity contribution in [1.29, 1.82) is 0 Å². The average molecular weight is 212 g/mol. The Bertz CT molecular complexity index is 216. The number of carbonyl (C=O) groups is 1. The minimum Gasteiger partial charge on any atom is -0.341 e. The van der Waals surface area contributed by atoms with Gasteiger partial charge in [0.2, 0.25) is 5.91 Å². The Hall–Kier alpha value is -0.570. The van der Waals surface area contributed by atoms with Gasteiger partial charge in [-0.05, 0) is 12.3 Å². The van der Waals surface area contributed by atoms with Gasteiger partial charge < -0.3 is 10.2 Å². The summed E-state index contributed by atoms with van der Waals surface area (Å²) in [7, 11) is 0. The van der Waals surface area contributed by atoms with Crippen LogP contribution >= 0.6 is 0 Å². The van der Waals surface area contributed by atoms with Gasteiger partial charge in [0.05, 0.1) is 6.04 Å². The maximum atomic E-state index is 12.0. The van der Waals surface area contributed by atoms with Crippen molar-refractivity contribution in [2.24, 2.45) is 5.92 Å². The lowest BCUT2D eigenvalue weighted by Crippen LogP contribution is -2.42. The number of likely N-dealkylation sites (tertiary alicyclic amines) is 1. The summed E-state index contributed by atoms with van der Waals surface area (Å²) in [6.07, 6.45) is 2.11. The molecule has 1 aliphatic rings. The number of amides is 1. The highest BCUT2D eigenvalue weighted by molar-refractivity contribution is 5.84. The monoisotopic (exact) mass is 212 g/mol. The van der Waals surface area contributed by atoms with E-state index in [0.29, 0.717) is 17.9 Å². The molecular weight excluding hydrogens is 188 g/mol. The molecule has 0 aromatic rings. The molecule has 0 saturated carbocycles. The maximum Gasteiger partial charge on any atom is 0.239 e. The van der Waals surface area contributed by atoms with Crippen LogP contribution in [0.1, 0.15) is 40.5 Å². The molecule has 1 rings (SSSR count). The number of nitrogens with zero attached hydrogens (tertiary/aromatic N) is 1. The highest BCUT2D eigenvalue weighted by atomic mass is 16.2. The molecule has 0 bridgehead atoms. The van der Waals surface area contributed by atoms with Crippen molar-refractivity contribution in [1.82, 2.24) is 10.2 Å². The van der Waals surface area contributed by atoms with Crippen molar-refractivity contribution in [3.8, 4) is 0 Å². The lowest BCUT2D eigenvalue weighted by molar-refractivity contribution is -0.130. The molecule has 0 spiro atoms. The van der Waals surface area contributed by atoms with Crippen molar-refractivity contribution < 1.29 is 4.79 Å². The highest BCUT2D eigenvalue weighted by Gasteiger charge is 2.31. The molecule has 0 aliphatic carbocycles. The van der Waals surface area contributed by atoms with E-state index in [-0.39, 0.29) is 6.04 Å². The third-order valence-electron chi connectivity index (χ3n) is 3.06. The standard InChI is InChI=1S/C12H24N2O/c1-5-10(4)8-14-7-6-11(12(14)15)13-9(2)3/h9-11,13H,5-8H2,1-4H3. The van der Waals surface area contributed by atoms with Crippen molar-refractivity contribution in [2.45, 2.75) is 52.6 Å². The first kappa shape index (κ1) is 12.5. The van der Waals surface area contributed by atoms with Gasteiger partial charge in [-0.25, -0.2) is 0 Å². The molecule has 0 aromatic carbocycles. The Labute approximate surface area is 93.2 Å². The average Bonchev–Trinajstić information content (AvgIpc) is 2.49. The van der Waals surface area contributed by atoms with E-state index in [4.69, 9.17) is 0 Å². The molecule has 1 amide bonds. The second kappa shape index (κ2) is 5.50. The summed E-state index contributed by atoms with van der Waals surface area (Å²) in [5, 5.41) is 3.32. The van der Waals surface area contributed by atoms with Gasteiger partial charge in [0.25, 0.3) is 0 Å². The lowest BCUT2D eigenvalue weighted by Gasteiger charge is -2.21. The van der Waals surface area contributed by atoms with Crippen LogP contribution in [0.5, 0.6) is 0 Å².